The number of anilines is 3. The zero-order valence-corrected chi connectivity index (χ0v) is 26.0. The van der Waals surface area contributed by atoms with Gasteiger partial charge in [-0.15, -0.1) is 0 Å². The quantitative estimate of drug-likeness (QED) is 0.291. The van der Waals surface area contributed by atoms with E-state index in [-0.39, 0.29) is 41.8 Å². The number of carbonyl (C=O) groups is 3. The van der Waals surface area contributed by atoms with Crippen molar-refractivity contribution in [3.8, 4) is 0 Å². The number of nitrogens with one attached hydrogen (secondary N) is 2. The van der Waals surface area contributed by atoms with E-state index in [0.29, 0.717) is 51.3 Å². The average Bonchev–Trinajstić information content (AvgIpc) is 3.89. The Morgan fingerprint density at radius 3 is 2.73 bits per heavy atom. The van der Waals surface area contributed by atoms with Crippen LogP contribution in [0.3, 0.4) is 0 Å². The van der Waals surface area contributed by atoms with Crippen LogP contribution in [0.1, 0.15) is 59.8 Å². The predicted octanol–water partition coefficient (Wildman–Crippen LogP) is 3.38. The van der Waals surface area contributed by atoms with Gasteiger partial charge in [0.25, 0.3) is 12.3 Å². The first-order chi connectivity index (χ1) is 23.3. The lowest BCUT2D eigenvalue weighted by Gasteiger charge is -2.32. The average molecular weight is 661 g/mol. The number of amides is 4. The molecule has 4 fully saturated rings. The van der Waals surface area contributed by atoms with E-state index in [0.717, 1.165) is 30.0 Å². The number of hydrogen-bond acceptors (Lipinski definition) is 9. The van der Waals surface area contributed by atoms with Gasteiger partial charge in [-0.2, -0.15) is 10.2 Å². The summed E-state index contributed by atoms with van der Waals surface area (Å²) in [6, 6.07) is 9.22. The zero-order chi connectivity index (χ0) is 32.9. The SMILES string of the molecule is O=C1CCN(c2cccc(CN3CCC(n4cc(NC(=O)c5cnn6ccc(N7C[C@H]8C[C@@H]7CO8)nc56)c(C(F)F)n4)CC3)c2)C(=O)N1. The van der Waals surface area contributed by atoms with Crippen LogP contribution in [0.25, 0.3) is 5.65 Å². The highest BCUT2D eigenvalue weighted by molar-refractivity contribution is 6.08. The number of rotatable bonds is 8. The van der Waals surface area contributed by atoms with E-state index in [1.54, 1.807) is 15.8 Å². The highest BCUT2D eigenvalue weighted by Crippen LogP contribution is 2.33. The second-order valence-electron chi connectivity index (χ2n) is 12.7. The molecule has 2 atom stereocenters. The summed E-state index contributed by atoms with van der Waals surface area (Å²) >= 11 is 0. The van der Waals surface area contributed by atoms with Gasteiger partial charge in [-0.1, -0.05) is 12.1 Å². The van der Waals surface area contributed by atoms with Gasteiger partial charge in [-0.25, -0.2) is 23.1 Å². The summed E-state index contributed by atoms with van der Waals surface area (Å²) in [6.07, 6.45) is 4.47. The summed E-state index contributed by atoms with van der Waals surface area (Å²) in [7, 11) is 0. The number of fused-ring (bicyclic) bond motifs is 3. The maximum Gasteiger partial charge on any atom is 0.328 e. The van der Waals surface area contributed by atoms with E-state index in [2.05, 4.69) is 30.6 Å². The predicted molar refractivity (Wildman–Crippen MR) is 169 cm³/mol. The van der Waals surface area contributed by atoms with Gasteiger partial charge in [0.1, 0.15) is 11.4 Å². The van der Waals surface area contributed by atoms with Gasteiger partial charge >= 0.3 is 6.03 Å². The van der Waals surface area contributed by atoms with Crippen LogP contribution < -0.4 is 20.4 Å². The molecule has 250 valence electrons. The molecular formula is C32H34F2N10O4. The van der Waals surface area contributed by atoms with Crippen molar-refractivity contribution in [2.75, 3.05) is 47.9 Å². The number of likely N-dealkylation sites (tertiary alicyclic amines) is 1. The molecule has 0 unspecified atom stereocenters. The second-order valence-corrected chi connectivity index (χ2v) is 12.7. The molecule has 4 saturated heterocycles. The first-order valence-electron chi connectivity index (χ1n) is 16.1. The standard InChI is InChI=1S/C32H34F2N10O4/c33-29(34)28-25(36-31(46)24-14-35-43-11-6-26(37-30(24)43)42-16-23-13-22(42)18-48-23)17-44(39-28)20-4-8-40(9-5-20)15-19-2-1-3-21(12-19)41-10-7-27(45)38-32(41)47/h1-3,6,11-12,14,17,20,22-23,29H,4-5,7-10,13,15-16,18H2,(H,36,46)(H,38,45,47)/t22-,23-/m1/s1. The van der Waals surface area contributed by atoms with Crippen molar-refractivity contribution in [1.29, 1.82) is 0 Å². The molecule has 1 aromatic carbocycles. The van der Waals surface area contributed by atoms with Crippen LogP contribution in [0.5, 0.6) is 0 Å². The number of benzene rings is 1. The van der Waals surface area contributed by atoms with Crippen LogP contribution in [0.15, 0.2) is 48.9 Å². The number of urea groups is 1. The first kappa shape index (κ1) is 30.4. The molecule has 14 nitrogen and oxygen atoms in total. The Morgan fingerprint density at radius 2 is 1.98 bits per heavy atom. The number of imide groups is 1. The Balaban J connectivity index is 0.926. The fourth-order valence-corrected chi connectivity index (χ4v) is 7.13. The smallest absolute Gasteiger partial charge is 0.328 e. The third kappa shape index (κ3) is 5.74. The summed E-state index contributed by atoms with van der Waals surface area (Å²) in [5.41, 5.74) is 1.75. The number of morpholine rings is 1. The molecule has 16 heteroatoms. The molecule has 48 heavy (non-hydrogen) atoms. The van der Waals surface area contributed by atoms with Crippen molar-refractivity contribution >= 4 is 40.7 Å². The minimum Gasteiger partial charge on any atom is -0.374 e. The monoisotopic (exact) mass is 660 g/mol. The Morgan fingerprint density at radius 1 is 1.12 bits per heavy atom. The molecule has 2 N–H and O–H groups in total. The van der Waals surface area contributed by atoms with Gasteiger partial charge in [0.05, 0.1) is 36.7 Å². The molecule has 8 rings (SSSR count). The molecule has 0 aliphatic carbocycles. The zero-order valence-electron chi connectivity index (χ0n) is 26.0. The largest absolute Gasteiger partial charge is 0.374 e. The van der Waals surface area contributed by atoms with Gasteiger partial charge in [-0.3, -0.25) is 29.4 Å². The Kier molecular flexibility index (Phi) is 7.75. The summed E-state index contributed by atoms with van der Waals surface area (Å²) in [5, 5.41) is 13.5. The summed E-state index contributed by atoms with van der Waals surface area (Å²) in [4.78, 5) is 47.9. The molecule has 4 amide bonds. The van der Waals surface area contributed by atoms with E-state index < -0.39 is 24.1 Å². The maximum absolute atomic E-state index is 14.1. The highest BCUT2D eigenvalue weighted by Gasteiger charge is 2.40. The molecule has 0 radical (unpaired) electrons. The molecule has 0 spiro atoms. The van der Waals surface area contributed by atoms with Crippen LogP contribution in [-0.4, -0.2) is 92.1 Å². The van der Waals surface area contributed by atoms with Crippen LogP contribution in [0.4, 0.5) is 30.8 Å². The number of nitrogens with zero attached hydrogens (tertiary/aromatic N) is 8. The van der Waals surface area contributed by atoms with Crippen molar-refractivity contribution < 1.29 is 27.9 Å². The van der Waals surface area contributed by atoms with E-state index in [1.165, 1.54) is 16.9 Å². The van der Waals surface area contributed by atoms with Gasteiger partial charge in [-0.05, 0) is 43.0 Å². The van der Waals surface area contributed by atoms with Crippen molar-refractivity contribution in [1.82, 2.24) is 34.6 Å². The van der Waals surface area contributed by atoms with Gasteiger partial charge in [0.2, 0.25) is 5.91 Å². The summed E-state index contributed by atoms with van der Waals surface area (Å²) < 4.78 is 37.0. The van der Waals surface area contributed by atoms with Crippen LogP contribution in [-0.2, 0) is 16.1 Å². The Labute approximate surface area is 273 Å². The summed E-state index contributed by atoms with van der Waals surface area (Å²) in [6.45, 7) is 3.78. The van der Waals surface area contributed by atoms with Gasteiger partial charge in [0, 0.05) is 57.2 Å². The minimum absolute atomic E-state index is 0.0396. The van der Waals surface area contributed by atoms with E-state index in [9.17, 15) is 23.2 Å². The summed E-state index contributed by atoms with van der Waals surface area (Å²) in [5.74, 6) is -0.144. The lowest BCUT2D eigenvalue weighted by molar-refractivity contribution is -0.120. The Hall–Kier alpha value is -4.96. The molecule has 4 aliphatic rings. The number of aromatic nitrogens is 5. The Bertz CT molecular complexity index is 1890. The van der Waals surface area contributed by atoms with Crippen LogP contribution in [0, 0.1) is 0 Å². The van der Waals surface area contributed by atoms with Crippen molar-refractivity contribution in [3.63, 3.8) is 0 Å². The molecule has 0 saturated carbocycles. The van der Waals surface area contributed by atoms with E-state index in [4.69, 9.17) is 9.72 Å². The molecular weight excluding hydrogens is 626 g/mol. The number of carbonyl (C=O) groups excluding carboxylic acids is 3. The second kappa shape index (κ2) is 12.2. The fraction of sp³-hybridized carbons (Fsp3) is 0.438. The molecule has 4 aliphatic heterocycles. The van der Waals surface area contributed by atoms with E-state index in [1.807, 2.05) is 30.3 Å². The third-order valence-electron chi connectivity index (χ3n) is 9.62. The number of piperidine rings is 1. The number of ether oxygens (including phenoxy) is 1. The topological polar surface area (TPSA) is 142 Å². The first-order valence-corrected chi connectivity index (χ1v) is 16.1. The minimum atomic E-state index is -2.88. The van der Waals surface area contributed by atoms with Gasteiger partial charge in [0.15, 0.2) is 11.3 Å². The number of halogens is 2. The lowest BCUT2D eigenvalue weighted by Crippen LogP contribution is -2.49. The third-order valence-corrected chi connectivity index (χ3v) is 9.62. The van der Waals surface area contributed by atoms with Crippen LogP contribution >= 0.6 is 0 Å². The fourth-order valence-electron chi connectivity index (χ4n) is 7.13. The normalized spacial score (nSPS) is 21.9. The lowest BCUT2D eigenvalue weighted by atomic mass is 10.0. The van der Waals surface area contributed by atoms with Crippen LogP contribution in [0.2, 0.25) is 0 Å². The molecule has 7 heterocycles. The van der Waals surface area contributed by atoms with Crippen molar-refractivity contribution in [2.24, 2.45) is 0 Å². The van der Waals surface area contributed by atoms with Crippen molar-refractivity contribution in [2.45, 2.75) is 56.8 Å². The van der Waals surface area contributed by atoms with Crippen molar-refractivity contribution in [3.05, 3.63) is 65.7 Å². The van der Waals surface area contributed by atoms with Gasteiger partial charge < -0.3 is 15.0 Å². The number of hydrogen-bond donors (Lipinski definition) is 2. The highest BCUT2D eigenvalue weighted by atomic mass is 19.3. The van der Waals surface area contributed by atoms with E-state index >= 15 is 0 Å². The molecule has 2 bridgehead atoms. The molecule has 3 aromatic heterocycles. The molecule has 4 aromatic rings. The maximum atomic E-state index is 14.1. The number of alkyl halides is 2.